The van der Waals surface area contributed by atoms with E-state index in [0.717, 1.165) is 18.4 Å². The number of benzene rings is 1. The van der Waals surface area contributed by atoms with Crippen LogP contribution in [0.1, 0.15) is 18.4 Å². The van der Waals surface area contributed by atoms with Gasteiger partial charge in [-0.1, -0.05) is 17.7 Å². The van der Waals surface area contributed by atoms with E-state index in [1.165, 1.54) is 0 Å². The lowest BCUT2D eigenvalue weighted by molar-refractivity contribution is -0.128. The van der Waals surface area contributed by atoms with Gasteiger partial charge in [0.2, 0.25) is 5.91 Å². The third kappa shape index (κ3) is 2.94. The van der Waals surface area contributed by atoms with Crippen LogP contribution in [0.15, 0.2) is 18.2 Å². The van der Waals surface area contributed by atoms with Crippen LogP contribution in [-0.2, 0) is 11.3 Å². The topological polar surface area (TPSA) is 64.3 Å². The van der Waals surface area contributed by atoms with Gasteiger partial charge in [-0.3, -0.25) is 4.79 Å². The molecule has 0 bridgehead atoms. The number of carbonyl (C=O) groups is 1. The zero-order chi connectivity index (χ0) is 13.1. The summed E-state index contributed by atoms with van der Waals surface area (Å²) < 4.78 is 5.07. The minimum atomic E-state index is 0.0589. The van der Waals surface area contributed by atoms with Crippen LogP contribution in [-0.4, -0.2) is 19.1 Å². The van der Waals surface area contributed by atoms with E-state index in [2.05, 4.69) is 5.32 Å². The molecule has 1 aromatic carbocycles. The standard InChI is InChI=1S/C13H17ClN2O2/c1-18-11-3-2-8(12(14)6-11)7-16-13(17)9-4-10(15)5-9/h2-3,6,9-10H,4-5,7,15H2,1H3,(H,16,17). The Hall–Kier alpha value is -1.26. The fraction of sp³-hybridized carbons (Fsp3) is 0.462. The van der Waals surface area contributed by atoms with Gasteiger partial charge in [0.15, 0.2) is 0 Å². The number of nitrogens with one attached hydrogen (secondary N) is 1. The maximum Gasteiger partial charge on any atom is 0.223 e. The Balaban J connectivity index is 1.88. The van der Waals surface area contributed by atoms with Gasteiger partial charge in [-0.2, -0.15) is 0 Å². The molecule has 0 atom stereocenters. The van der Waals surface area contributed by atoms with Gasteiger partial charge in [-0.25, -0.2) is 0 Å². The predicted molar refractivity (Wildman–Crippen MR) is 70.6 cm³/mol. The average molecular weight is 269 g/mol. The van der Waals surface area contributed by atoms with Gasteiger partial charge in [-0.05, 0) is 30.5 Å². The third-order valence-electron chi connectivity index (χ3n) is 3.26. The SMILES string of the molecule is COc1ccc(CNC(=O)C2CC(N)C2)c(Cl)c1. The molecule has 18 heavy (non-hydrogen) atoms. The van der Waals surface area contributed by atoms with Crippen molar-refractivity contribution >= 4 is 17.5 Å². The molecular weight excluding hydrogens is 252 g/mol. The molecule has 1 amide bonds. The van der Waals surface area contributed by atoms with Crippen LogP contribution in [0.25, 0.3) is 0 Å². The zero-order valence-corrected chi connectivity index (χ0v) is 11.0. The maximum absolute atomic E-state index is 11.7. The lowest BCUT2D eigenvalue weighted by Crippen LogP contribution is -2.44. The van der Waals surface area contributed by atoms with Crippen molar-refractivity contribution in [1.29, 1.82) is 0 Å². The van der Waals surface area contributed by atoms with E-state index < -0.39 is 0 Å². The van der Waals surface area contributed by atoms with E-state index in [0.29, 0.717) is 17.3 Å². The van der Waals surface area contributed by atoms with Crippen molar-refractivity contribution in [3.8, 4) is 5.75 Å². The number of hydrogen-bond acceptors (Lipinski definition) is 3. The number of amides is 1. The van der Waals surface area contributed by atoms with E-state index >= 15 is 0 Å². The number of ether oxygens (including phenoxy) is 1. The third-order valence-corrected chi connectivity index (χ3v) is 3.61. The number of methoxy groups -OCH3 is 1. The highest BCUT2D eigenvalue weighted by molar-refractivity contribution is 6.31. The Morgan fingerprint density at radius 3 is 2.83 bits per heavy atom. The molecule has 1 saturated carbocycles. The molecule has 1 aliphatic rings. The summed E-state index contributed by atoms with van der Waals surface area (Å²) in [4.78, 5) is 11.7. The molecule has 0 aliphatic heterocycles. The highest BCUT2D eigenvalue weighted by atomic mass is 35.5. The van der Waals surface area contributed by atoms with Gasteiger partial charge in [0.1, 0.15) is 5.75 Å². The summed E-state index contributed by atoms with van der Waals surface area (Å²) in [5, 5.41) is 3.48. The van der Waals surface area contributed by atoms with E-state index in [9.17, 15) is 4.79 Å². The van der Waals surface area contributed by atoms with E-state index in [-0.39, 0.29) is 17.9 Å². The summed E-state index contributed by atoms with van der Waals surface area (Å²) in [6.07, 6.45) is 1.56. The molecule has 0 spiro atoms. The molecule has 1 aromatic rings. The molecule has 0 unspecified atom stereocenters. The van der Waals surface area contributed by atoms with Crippen molar-refractivity contribution in [3.05, 3.63) is 28.8 Å². The Bertz CT molecular complexity index is 445. The molecular formula is C13H17ClN2O2. The quantitative estimate of drug-likeness (QED) is 0.874. The molecule has 4 nitrogen and oxygen atoms in total. The summed E-state index contributed by atoms with van der Waals surface area (Å²) in [6, 6.07) is 5.61. The lowest BCUT2D eigenvalue weighted by Gasteiger charge is -2.31. The first-order chi connectivity index (χ1) is 8.60. The number of rotatable bonds is 4. The fourth-order valence-electron chi connectivity index (χ4n) is 2.00. The second kappa shape index (κ2) is 5.59. The molecule has 0 saturated heterocycles. The van der Waals surface area contributed by atoms with Crippen molar-refractivity contribution in [2.24, 2.45) is 11.7 Å². The van der Waals surface area contributed by atoms with Crippen LogP contribution in [0, 0.1) is 5.92 Å². The van der Waals surface area contributed by atoms with Crippen molar-refractivity contribution in [2.45, 2.75) is 25.4 Å². The second-order valence-electron chi connectivity index (χ2n) is 4.60. The van der Waals surface area contributed by atoms with Gasteiger partial charge in [0.25, 0.3) is 0 Å². The molecule has 3 N–H and O–H groups in total. The summed E-state index contributed by atoms with van der Waals surface area (Å²) in [5.41, 5.74) is 6.54. The van der Waals surface area contributed by atoms with Crippen LogP contribution in [0.4, 0.5) is 0 Å². The van der Waals surface area contributed by atoms with Crippen LogP contribution in [0.3, 0.4) is 0 Å². The number of halogens is 1. The molecule has 0 heterocycles. The first-order valence-corrected chi connectivity index (χ1v) is 6.33. The maximum atomic E-state index is 11.7. The largest absolute Gasteiger partial charge is 0.497 e. The Kier molecular flexibility index (Phi) is 4.09. The first-order valence-electron chi connectivity index (χ1n) is 5.96. The number of hydrogen-bond donors (Lipinski definition) is 2. The van der Waals surface area contributed by atoms with Gasteiger partial charge in [0, 0.05) is 23.5 Å². The summed E-state index contributed by atoms with van der Waals surface area (Å²) >= 11 is 6.09. The van der Waals surface area contributed by atoms with Crippen LogP contribution in [0.5, 0.6) is 5.75 Å². The minimum absolute atomic E-state index is 0.0589. The monoisotopic (exact) mass is 268 g/mol. The van der Waals surface area contributed by atoms with Gasteiger partial charge >= 0.3 is 0 Å². The molecule has 0 aromatic heterocycles. The van der Waals surface area contributed by atoms with E-state index in [4.69, 9.17) is 22.1 Å². The minimum Gasteiger partial charge on any atom is -0.497 e. The van der Waals surface area contributed by atoms with Crippen molar-refractivity contribution < 1.29 is 9.53 Å². The summed E-state index contributed by atoms with van der Waals surface area (Å²) in [5.74, 6) is 0.834. The smallest absolute Gasteiger partial charge is 0.223 e. The van der Waals surface area contributed by atoms with Crippen LogP contribution < -0.4 is 15.8 Å². The highest BCUT2D eigenvalue weighted by Crippen LogP contribution is 2.26. The molecule has 5 heteroatoms. The van der Waals surface area contributed by atoms with Crippen molar-refractivity contribution in [3.63, 3.8) is 0 Å². The molecule has 2 rings (SSSR count). The second-order valence-corrected chi connectivity index (χ2v) is 5.01. The summed E-state index contributed by atoms with van der Waals surface area (Å²) in [6.45, 7) is 0.438. The van der Waals surface area contributed by atoms with E-state index in [1.807, 2.05) is 12.1 Å². The number of nitrogens with two attached hydrogens (primary N) is 1. The van der Waals surface area contributed by atoms with Gasteiger partial charge in [0.05, 0.1) is 7.11 Å². The van der Waals surface area contributed by atoms with Crippen LogP contribution in [0.2, 0.25) is 5.02 Å². The molecule has 98 valence electrons. The normalized spacial score (nSPS) is 22.2. The predicted octanol–water partition coefficient (Wildman–Crippen LogP) is 1.70. The zero-order valence-electron chi connectivity index (χ0n) is 10.3. The molecule has 1 fully saturated rings. The lowest BCUT2D eigenvalue weighted by atomic mass is 9.80. The van der Waals surface area contributed by atoms with E-state index in [1.54, 1.807) is 13.2 Å². The fourth-order valence-corrected chi connectivity index (χ4v) is 2.24. The number of carbonyl (C=O) groups excluding carboxylic acids is 1. The molecule has 1 aliphatic carbocycles. The Morgan fingerprint density at radius 2 is 2.28 bits per heavy atom. The van der Waals surface area contributed by atoms with Crippen LogP contribution >= 0.6 is 11.6 Å². The van der Waals surface area contributed by atoms with Gasteiger partial charge in [-0.15, -0.1) is 0 Å². The molecule has 0 radical (unpaired) electrons. The first kappa shape index (κ1) is 13.2. The Labute approximate surface area is 111 Å². The van der Waals surface area contributed by atoms with Crippen molar-refractivity contribution in [2.75, 3.05) is 7.11 Å². The Morgan fingerprint density at radius 1 is 1.56 bits per heavy atom. The average Bonchev–Trinajstić information content (AvgIpc) is 2.33. The highest BCUT2D eigenvalue weighted by Gasteiger charge is 2.31. The summed E-state index contributed by atoms with van der Waals surface area (Å²) in [7, 11) is 1.59. The van der Waals surface area contributed by atoms with Gasteiger partial charge < -0.3 is 15.8 Å². The van der Waals surface area contributed by atoms with Crippen molar-refractivity contribution in [1.82, 2.24) is 5.32 Å².